The number of nitrogens with zero attached hydrogens (tertiary/aromatic N) is 8. The number of aromatic amines is 1. The number of rotatable bonds is 10. The molecule has 0 bridgehead atoms. The quantitative estimate of drug-likeness (QED) is 0.127. The van der Waals surface area contributed by atoms with Gasteiger partial charge in [0.1, 0.15) is 0 Å². The second-order valence-corrected chi connectivity index (χ2v) is 18.2. The van der Waals surface area contributed by atoms with Crippen molar-refractivity contribution in [1.29, 1.82) is 0 Å². The molecule has 1 unspecified atom stereocenters. The highest BCUT2D eigenvalue weighted by Crippen LogP contribution is 2.33. The Hall–Kier alpha value is -6.61. The molecule has 1 atom stereocenters. The Morgan fingerprint density at radius 3 is 2.17 bits per heavy atom. The number of carbonyl (C=O) groups excluding carboxylic acids is 3. The molecule has 3 aliphatic rings. The number of amides is 4. The Bertz CT molecular complexity index is 2620. The number of H-pyrrole nitrogens is 1. The van der Waals surface area contributed by atoms with E-state index in [1.165, 1.54) is 11.4 Å². The smallest absolute Gasteiger partial charge is 0.328 e. The molecule has 4 amide bonds. The summed E-state index contributed by atoms with van der Waals surface area (Å²) >= 11 is 0. The Morgan fingerprint density at radius 2 is 1.51 bits per heavy atom. The minimum atomic E-state index is -0.405. The first-order valence-corrected chi connectivity index (χ1v) is 22.0. The molecule has 0 aliphatic carbocycles. The zero-order valence-electron chi connectivity index (χ0n) is 36.6. The van der Waals surface area contributed by atoms with E-state index in [2.05, 4.69) is 94.2 Å². The topological polar surface area (TPSA) is 169 Å². The second kappa shape index (κ2) is 17.3. The van der Waals surface area contributed by atoms with Crippen LogP contribution in [0.3, 0.4) is 0 Å². The molecule has 3 fully saturated rings. The molecule has 15 nitrogen and oxygen atoms in total. The summed E-state index contributed by atoms with van der Waals surface area (Å²) in [5.74, 6) is 0.503. The molecule has 3 N–H and O–H groups in total. The average molecular weight is 850 g/mol. The first kappa shape index (κ1) is 41.7. The molecule has 15 heteroatoms. The van der Waals surface area contributed by atoms with Crippen molar-refractivity contribution in [2.24, 2.45) is 5.92 Å². The van der Waals surface area contributed by atoms with Crippen LogP contribution in [0.15, 0.2) is 83.5 Å². The number of piperazine rings is 1. The summed E-state index contributed by atoms with van der Waals surface area (Å²) in [6.07, 6.45) is 4.53. The van der Waals surface area contributed by atoms with Crippen LogP contribution in [0.4, 0.5) is 21.9 Å². The molecule has 9 rings (SSSR count). The number of aromatic nitrogens is 5. The van der Waals surface area contributed by atoms with Gasteiger partial charge in [0.05, 0.1) is 11.7 Å². The Kier molecular flexibility index (Phi) is 11.4. The molecule has 3 aliphatic heterocycles. The van der Waals surface area contributed by atoms with E-state index in [1.54, 1.807) is 4.90 Å². The number of pyridine rings is 1. The maximum Gasteiger partial charge on any atom is 0.328 e. The van der Waals surface area contributed by atoms with Gasteiger partial charge >= 0.3 is 17.8 Å². The molecule has 3 saturated heterocycles. The van der Waals surface area contributed by atoms with E-state index < -0.39 is 5.91 Å². The van der Waals surface area contributed by atoms with Gasteiger partial charge in [-0.2, -0.15) is 10.1 Å². The van der Waals surface area contributed by atoms with Gasteiger partial charge < -0.3 is 19.6 Å². The highest BCUT2D eigenvalue weighted by atomic mass is 16.5. The summed E-state index contributed by atoms with van der Waals surface area (Å²) in [6.45, 7) is 17.6. The van der Waals surface area contributed by atoms with Crippen LogP contribution in [-0.2, 0) is 10.2 Å². The first-order chi connectivity index (χ1) is 30.4. The summed E-state index contributed by atoms with van der Waals surface area (Å²) in [5.41, 5.74) is 9.57. The molecule has 3 aromatic carbocycles. The average Bonchev–Trinajstić information content (AvgIpc) is 3.96. The van der Waals surface area contributed by atoms with Gasteiger partial charge in [0.25, 0.3) is 0 Å². The standard InChI is InChI=1S/C48H55N11O4/c1-30-26-34(8-15-39(30)31(2)50-44(61)45-52-46(55-63-45)48(3,4)5)42-40-27-35(28-49-43(40)54-53-42)33-6-9-36(10-7-33)58-24-22-56(23-25-58)29-32-16-19-57(20-17-32)37-11-13-38(14-12-37)59-21-18-41(60)51-47(59)62/h6-15,26-28,31-32H,16-25,29H2,1-5H3,(H,50,61)(H,49,53,54)(H,51,60,62). The Morgan fingerprint density at radius 1 is 0.841 bits per heavy atom. The fourth-order valence-electron chi connectivity index (χ4n) is 9.00. The lowest BCUT2D eigenvalue weighted by Crippen LogP contribution is -2.49. The molecule has 326 valence electrons. The lowest BCUT2D eigenvalue weighted by Gasteiger charge is -2.40. The third-order valence-corrected chi connectivity index (χ3v) is 12.7. The van der Waals surface area contributed by atoms with Crippen molar-refractivity contribution >= 4 is 45.9 Å². The zero-order chi connectivity index (χ0) is 43.8. The third kappa shape index (κ3) is 9.01. The number of nitrogens with one attached hydrogen (secondary N) is 3. The van der Waals surface area contributed by atoms with E-state index in [1.807, 2.05) is 65.1 Å². The van der Waals surface area contributed by atoms with E-state index >= 15 is 0 Å². The van der Waals surface area contributed by atoms with Crippen LogP contribution >= 0.6 is 0 Å². The molecule has 0 saturated carbocycles. The number of anilines is 3. The van der Waals surface area contributed by atoms with Gasteiger partial charge in [0.15, 0.2) is 11.5 Å². The largest absolute Gasteiger partial charge is 0.372 e. The number of benzene rings is 3. The van der Waals surface area contributed by atoms with Gasteiger partial charge in [-0.1, -0.05) is 50.2 Å². The van der Waals surface area contributed by atoms with Crippen LogP contribution in [0.25, 0.3) is 33.4 Å². The van der Waals surface area contributed by atoms with Crippen molar-refractivity contribution in [1.82, 2.24) is 40.9 Å². The Balaban J connectivity index is 0.767. The van der Waals surface area contributed by atoms with E-state index in [0.29, 0.717) is 30.4 Å². The van der Waals surface area contributed by atoms with Crippen LogP contribution in [0, 0.1) is 12.8 Å². The summed E-state index contributed by atoms with van der Waals surface area (Å²) in [7, 11) is 0. The number of hydrogen-bond acceptors (Lipinski definition) is 11. The number of fused-ring (bicyclic) bond motifs is 1. The zero-order valence-corrected chi connectivity index (χ0v) is 36.6. The maximum atomic E-state index is 12.9. The lowest BCUT2D eigenvalue weighted by atomic mass is 9.95. The molecular formula is C48H55N11O4. The van der Waals surface area contributed by atoms with E-state index in [4.69, 9.17) is 9.51 Å². The number of urea groups is 1. The van der Waals surface area contributed by atoms with Gasteiger partial charge in [-0.05, 0) is 97.8 Å². The number of imide groups is 1. The molecule has 63 heavy (non-hydrogen) atoms. The fraction of sp³-hybridized carbons (Fsp3) is 0.396. The third-order valence-electron chi connectivity index (χ3n) is 12.7. The summed E-state index contributed by atoms with van der Waals surface area (Å²) < 4.78 is 5.25. The summed E-state index contributed by atoms with van der Waals surface area (Å²) in [5, 5.41) is 18.0. The van der Waals surface area contributed by atoms with Gasteiger partial charge in [-0.3, -0.25) is 29.8 Å². The maximum absolute atomic E-state index is 12.9. The highest BCUT2D eigenvalue weighted by molar-refractivity contribution is 6.05. The van der Waals surface area contributed by atoms with Crippen LogP contribution in [0.1, 0.15) is 80.6 Å². The highest BCUT2D eigenvalue weighted by Gasteiger charge is 2.28. The van der Waals surface area contributed by atoms with Crippen LogP contribution in [0.5, 0.6) is 0 Å². The molecule has 6 aromatic rings. The molecular weight excluding hydrogens is 795 g/mol. The van der Waals surface area contributed by atoms with Crippen molar-refractivity contribution in [3.05, 3.63) is 102 Å². The minimum absolute atomic E-state index is 0.0449. The molecule has 3 aromatic heterocycles. The Labute approximate surface area is 367 Å². The van der Waals surface area contributed by atoms with E-state index in [9.17, 15) is 14.4 Å². The number of aryl methyl sites for hydroxylation is 1. The predicted molar refractivity (Wildman–Crippen MR) is 244 cm³/mol. The molecule has 0 spiro atoms. The summed E-state index contributed by atoms with van der Waals surface area (Å²) in [6, 6.07) is 24.7. The van der Waals surface area contributed by atoms with Crippen molar-refractivity contribution in [2.75, 3.05) is 67.1 Å². The number of piperidine rings is 1. The molecule has 0 radical (unpaired) electrons. The predicted octanol–water partition coefficient (Wildman–Crippen LogP) is 7.26. The van der Waals surface area contributed by atoms with E-state index in [0.717, 1.165) is 103 Å². The fourth-order valence-corrected chi connectivity index (χ4v) is 9.00. The van der Waals surface area contributed by atoms with Crippen LogP contribution in [0.2, 0.25) is 0 Å². The van der Waals surface area contributed by atoms with Gasteiger partial charge in [0.2, 0.25) is 5.91 Å². The van der Waals surface area contributed by atoms with Crippen LogP contribution in [-0.4, -0.2) is 100 Å². The molecule has 6 heterocycles. The monoisotopic (exact) mass is 849 g/mol. The van der Waals surface area contributed by atoms with Crippen molar-refractivity contribution in [3.63, 3.8) is 0 Å². The lowest BCUT2D eigenvalue weighted by molar-refractivity contribution is -0.120. The van der Waals surface area contributed by atoms with E-state index in [-0.39, 0.29) is 29.3 Å². The van der Waals surface area contributed by atoms with Gasteiger partial charge in [-0.25, -0.2) is 9.78 Å². The van der Waals surface area contributed by atoms with Crippen molar-refractivity contribution in [3.8, 4) is 22.4 Å². The SMILES string of the molecule is Cc1cc(-c2[nH]nc3ncc(-c4ccc(N5CCN(CC6CCN(c7ccc(N8CCC(=O)NC8=O)cc7)CC6)CC5)cc4)cc23)ccc1C(C)NC(=O)c1nc(C(C)(C)C)no1. The number of carbonyl (C=O) groups is 3. The number of hydrogen-bond donors (Lipinski definition) is 3. The second-order valence-electron chi connectivity index (χ2n) is 18.2. The van der Waals surface area contributed by atoms with Gasteiger partial charge in [0, 0.05) is 104 Å². The van der Waals surface area contributed by atoms with Crippen molar-refractivity contribution < 1.29 is 18.9 Å². The van der Waals surface area contributed by atoms with Gasteiger partial charge in [-0.15, -0.1) is 0 Å². The summed E-state index contributed by atoms with van der Waals surface area (Å²) in [4.78, 5) is 54.9. The van der Waals surface area contributed by atoms with Crippen molar-refractivity contribution in [2.45, 2.75) is 65.3 Å². The normalized spacial score (nSPS) is 17.3. The van der Waals surface area contributed by atoms with Crippen LogP contribution < -0.4 is 25.3 Å². The first-order valence-electron chi connectivity index (χ1n) is 22.0. The minimum Gasteiger partial charge on any atom is -0.372 e.